The first-order valence-corrected chi connectivity index (χ1v) is 6.35. The van der Waals surface area contributed by atoms with Gasteiger partial charge >= 0.3 is 0 Å². The molecule has 0 aliphatic heterocycles. The van der Waals surface area contributed by atoms with Crippen LogP contribution >= 0.6 is 11.6 Å². The zero-order valence-corrected chi connectivity index (χ0v) is 11.0. The molecule has 4 heteroatoms. The molecule has 0 aliphatic rings. The smallest absolute Gasteiger partial charge is 0.119 e. The van der Waals surface area contributed by atoms with Gasteiger partial charge in [-0.15, -0.1) is 0 Å². The second kappa shape index (κ2) is 8.34. The molecule has 0 fully saturated rings. The van der Waals surface area contributed by atoms with E-state index in [-0.39, 0.29) is 6.61 Å². The fraction of sp³-hybridized carbons (Fsp3) is 0.538. The maximum atomic E-state index is 8.77. The number of halogens is 1. The predicted octanol–water partition coefficient (Wildman–Crippen LogP) is 2.42. The summed E-state index contributed by atoms with van der Waals surface area (Å²) >= 11 is 5.79. The highest BCUT2D eigenvalue weighted by molar-refractivity contribution is 6.30. The summed E-state index contributed by atoms with van der Waals surface area (Å²) in [4.78, 5) is 2.26. The van der Waals surface area contributed by atoms with Crippen molar-refractivity contribution < 1.29 is 9.84 Å². The summed E-state index contributed by atoms with van der Waals surface area (Å²) in [5.41, 5.74) is 0. The molecule has 0 spiro atoms. The Bertz CT molecular complexity index is 303. The third-order valence-corrected chi connectivity index (χ3v) is 2.82. The van der Waals surface area contributed by atoms with Crippen LogP contribution < -0.4 is 4.74 Å². The van der Waals surface area contributed by atoms with Gasteiger partial charge in [-0.25, -0.2) is 0 Å². The van der Waals surface area contributed by atoms with Crippen LogP contribution in [0.1, 0.15) is 13.3 Å². The predicted molar refractivity (Wildman–Crippen MR) is 70.8 cm³/mol. The van der Waals surface area contributed by atoms with Crippen molar-refractivity contribution in [2.24, 2.45) is 0 Å². The van der Waals surface area contributed by atoms with Crippen LogP contribution in [0.4, 0.5) is 0 Å². The van der Waals surface area contributed by atoms with E-state index in [4.69, 9.17) is 21.4 Å². The van der Waals surface area contributed by atoms with E-state index < -0.39 is 0 Å². The highest BCUT2D eigenvalue weighted by Gasteiger charge is 2.02. The highest BCUT2D eigenvalue weighted by atomic mass is 35.5. The van der Waals surface area contributed by atoms with Crippen molar-refractivity contribution in [3.63, 3.8) is 0 Å². The van der Waals surface area contributed by atoms with E-state index in [1.807, 2.05) is 24.3 Å². The van der Waals surface area contributed by atoms with E-state index in [0.29, 0.717) is 6.61 Å². The molecule has 1 aromatic rings. The summed E-state index contributed by atoms with van der Waals surface area (Å²) in [6, 6.07) is 7.37. The number of benzene rings is 1. The number of aliphatic hydroxyl groups is 1. The average Bonchev–Trinajstić information content (AvgIpc) is 2.36. The minimum Gasteiger partial charge on any atom is -0.492 e. The van der Waals surface area contributed by atoms with Crippen molar-refractivity contribution in [2.75, 3.05) is 32.8 Å². The van der Waals surface area contributed by atoms with Crippen LogP contribution in [0, 0.1) is 0 Å². The maximum absolute atomic E-state index is 8.77. The van der Waals surface area contributed by atoms with Crippen LogP contribution in [0.5, 0.6) is 5.75 Å². The van der Waals surface area contributed by atoms with Gasteiger partial charge in [0.15, 0.2) is 0 Å². The first-order valence-electron chi connectivity index (χ1n) is 5.98. The summed E-state index contributed by atoms with van der Waals surface area (Å²) in [5, 5.41) is 9.49. The normalized spacial score (nSPS) is 10.8. The molecule has 0 amide bonds. The standard InChI is InChI=1S/C13H20ClNO2/c1-2-15(8-3-10-16)9-11-17-13-6-4-12(14)5-7-13/h4-7,16H,2-3,8-11H2,1H3. The lowest BCUT2D eigenvalue weighted by Gasteiger charge is -2.19. The largest absolute Gasteiger partial charge is 0.492 e. The lowest BCUT2D eigenvalue weighted by molar-refractivity contribution is 0.195. The summed E-state index contributed by atoms with van der Waals surface area (Å²) in [6.45, 7) is 5.77. The first kappa shape index (κ1) is 14.3. The van der Waals surface area contributed by atoms with E-state index in [0.717, 1.165) is 36.8 Å². The number of likely N-dealkylation sites (N-methyl/N-ethyl adjacent to an activating group) is 1. The number of rotatable bonds is 8. The number of aliphatic hydroxyl groups excluding tert-OH is 1. The molecule has 0 saturated carbocycles. The summed E-state index contributed by atoms with van der Waals surface area (Å²) in [5.74, 6) is 0.840. The minimum absolute atomic E-state index is 0.245. The number of ether oxygens (including phenoxy) is 1. The Kier molecular flexibility index (Phi) is 7.01. The number of hydrogen-bond donors (Lipinski definition) is 1. The molecule has 1 rings (SSSR count). The van der Waals surface area contributed by atoms with Gasteiger partial charge in [0.05, 0.1) is 0 Å². The van der Waals surface area contributed by atoms with Gasteiger partial charge in [-0.3, -0.25) is 0 Å². The molecule has 0 unspecified atom stereocenters. The van der Waals surface area contributed by atoms with Crippen molar-refractivity contribution in [3.8, 4) is 5.75 Å². The van der Waals surface area contributed by atoms with Crippen LogP contribution in [0.3, 0.4) is 0 Å². The molecule has 3 nitrogen and oxygen atoms in total. The maximum Gasteiger partial charge on any atom is 0.119 e. The Morgan fingerprint density at radius 2 is 1.94 bits per heavy atom. The monoisotopic (exact) mass is 257 g/mol. The lowest BCUT2D eigenvalue weighted by atomic mass is 10.3. The molecule has 0 saturated heterocycles. The molecule has 17 heavy (non-hydrogen) atoms. The number of nitrogens with zero attached hydrogens (tertiary/aromatic N) is 1. The summed E-state index contributed by atoms with van der Waals surface area (Å²) < 4.78 is 5.61. The average molecular weight is 258 g/mol. The first-order chi connectivity index (χ1) is 8.26. The topological polar surface area (TPSA) is 32.7 Å². The second-order valence-electron chi connectivity index (χ2n) is 3.81. The van der Waals surface area contributed by atoms with Crippen molar-refractivity contribution in [3.05, 3.63) is 29.3 Å². The van der Waals surface area contributed by atoms with Gasteiger partial charge in [0, 0.05) is 24.7 Å². The van der Waals surface area contributed by atoms with Crippen molar-refractivity contribution >= 4 is 11.6 Å². The highest BCUT2D eigenvalue weighted by Crippen LogP contribution is 2.15. The fourth-order valence-corrected chi connectivity index (χ4v) is 1.67. The Morgan fingerprint density at radius 3 is 2.53 bits per heavy atom. The fourth-order valence-electron chi connectivity index (χ4n) is 1.55. The van der Waals surface area contributed by atoms with Crippen LogP contribution in [-0.4, -0.2) is 42.9 Å². The zero-order valence-electron chi connectivity index (χ0n) is 10.2. The minimum atomic E-state index is 0.245. The van der Waals surface area contributed by atoms with Crippen molar-refractivity contribution in [2.45, 2.75) is 13.3 Å². The molecule has 0 radical (unpaired) electrons. The Labute approximate surface area is 108 Å². The van der Waals surface area contributed by atoms with E-state index in [9.17, 15) is 0 Å². The van der Waals surface area contributed by atoms with E-state index in [1.165, 1.54) is 0 Å². The van der Waals surface area contributed by atoms with Crippen LogP contribution in [0.2, 0.25) is 5.02 Å². The molecule has 0 heterocycles. The summed E-state index contributed by atoms with van der Waals surface area (Å²) in [6.07, 6.45) is 0.814. The van der Waals surface area contributed by atoms with Crippen LogP contribution in [-0.2, 0) is 0 Å². The van der Waals surface area contributed by atoms with E-state index in [2.05, 4.69) is 11.8 Å². The Morgan fingerprint density at radius 1 is 1.24 bits per heavy atom. The zero-order chi connectivity index (χ0) is 12.5. The van der Waals surface area contributed by atoms with Gasteiger partial charge < -0.3 is 14.7 Å². The van der Waals surface area contributed by atoms with Gasteiger partial charge in [0.2, 0.25) is 0 Å². The lowest BCUT2D eigenvalue weighted by Crippen LogP contribution is -2.29. The number of hydrogen-bond acceptors (Lipinski definition) is 3. The van der Waals surface area contributed by atoms with Crippen LogP contribution in [0.15, 0.2) is 24.3 Å². The van der Waals surface area contributed by atoms with E-state index >= 15 is 0 Å². The van der Waals surface area contributed by atoms with Crippen molar-refractivity contribution in [1.29, 1.82) is 0 Å². The van der Waals surface area contributed by atoms with Gasteiger partial charge in [-0.05, 0) is 37.2 Å². The quantitative estimate of drug-likeness (QED) is 0.776. The molecule has 0 atom stereocenters. The van der Waals surface area contributed by atoms with Gasteiger partial charge in [-0.2, -0.15) is 0 Å². The second-order valence-corrected chi connectivity index (χ2v) is 4.25. The van der Waals surface area contributed by atoms with Crippen molar-refractivity contribution in [1.82, 2.24) is 4.90 Å². The molecule has 0 bridgehead atoms. The Hall–Kier alpha value is -0.770. The van der Waals surface area contributed by atoms with Gasteiger partial charge in [0.25, 0.3) is 0 Å². The van der Waals surface area contributed by atoms with Gasteiger partial charge in [-0.1, -0.05) is 18.5 Å². The molecule has 0 aromatic heterocycles. The molecule has 1 aromatic carbocycles. The molecule has 96 valence electrons. The third kappa shape index (κ3) is 5.91. The summed E-state index contributed by atoms with van der Waals surface area (Å²) in [7, 11) is 0. The molecular formula is C13H20ClNO2. The molecular weight excluding hydrogens is 238 g/mol. The Balaban J connectivity index is 2.23. The van der Waals surface area contributed by atoms with Crippen LogP contribution in [0.25, 0.3) is 0 Å². The SMILES string of the molecule is CCN(CCCO)CCOc1ccc(Cl)cc1. The molecule has 1 N–H and O–H groups in total. The van der Waals surface area contributed by atoms with Gasteiger partial charge in [0.1, 0.15) is 12.4 Å². The molecule has 0 aliphatic carbocycles. The third-order valence-electron chi connectivity index (χ3n) is 2.57. The van der Waals surface area contributed by atoms with E-state index in [1.54, 1.807) is 0 Å².